The fourth-order valence-electron chi connectivity index (χ4n) is 2.52. The summed E-state index contributed by atoms with van der Waals surface area (Å²) in [6, 6.07) is 7.97. The van der Waals surface area contributed by atoms with Gasteiger partial charge >= 0.3 is 6.03 Å². The highest BCUT2D eigenvalue weighted by molar-refractivity contribution is 6.01. The fourth-order valence-corrected chi connectivity index (χ4v) is 2.52. The molecule has 1 aliphatic rings. The van der Waals surface area contributed by atoms with Gasteiger partial charge in [-0.2, -0.15) is 0 Å². The van der Waals surface area contributed by atoms with Gasteiger partial charge in [0.15, 0.2) is 6.10 Å². The van der Waals surface area contributed by atoms with Crippen LogP contribution in [0.1, 0.15) is 24.0 Å². The van der Waals surface area contributed by atoms with Crippen LogP contribution < -0.4 is 10.6 Å². The van der Waals surface area contributed by atoms with Crippen LogP contribution in [-0.4, -0.2) is 45.9 Å². The van der Waals surface area contributed by atoms with E-state index in [4.69, 9.17) is 4.84 Å². The van der Waals surface area contributed by atoms with Crippen LogP contribution in [0.5, 0.6) is 0 Å². The minimum Gasteiger partial charge on any atom is -0.390 e. The summed E-state index contributed by atoms with van der Waals surface area (Å²) in [5.74, 6) is 0. The quantitative estimate of drug-likeness (QED) is 0.745. The first-order valence-corrected chi connectivity index (χ1v) is 8.36. The zero-order chi connectivity index (χ0) is 17.5. The maximum Gasteiger partial charge on any atom is 0.314 e. The molecule has 0 saturated heterocycles. The Morgan fingerprint density at radius 2 is 2.16 bits per heavy atom. The summed E-state index contributed by atoms with van der Waals surface area (Å²) in [5, 5.41) is 17.4. The topological polar surface area (TPSA) is 93.4 Å². The number of aryl methyl sites for hydroxylation is 2. The normalized spacial score (nSPS) is 16.2. The number of hydrogen-bond acceptors (Lipinski definition) is 5. The van der Waals surface area contributed by atoms with Crippen molar-refractivity contribution in [1.82, 2.24) is 25.6 Å². The summed E-state index contributed by atoms with van der Waals surface area (Å²) in [4.78, 5) is 17.2. The number of carbonyl (C=O) groups excluding carboxylic acids is 1. The van der Waals surface area contributed by atoms with E-state index in [0.717, 1.165) is 24.2 Å². The Kier molecular flexibility index (Phi) is 5.61. The second-order valence-electron chi connectivity index (χ2n) is 5.99. The van der Waals surface area contributed by atoms with E-state index in [1.165, 1.54) is 5.56 Å². The first-order valence-electron chi connectivity index (χ1n) is 8.36. The molecule has 1 aromatic heterocycles. The van der Waals surface area contributed by atoms with E-state index in [2.05, 4.69) is 38.2 Å². The van der Waals surface area contributed by atoms with E-state index in [-0.39, 0.29) is 12.1 Å². The molecule has 1 aliphatic heterocycles. The third-order valence-corrected chi connectivity index (χ3v) is 3.93. The summed E-state index contributed by atoms with van der Waals surface area (Å²) >= 11 is 0. The standard InChI is InChI=1S/C17H22N6O2/c1-13-3-5-14(6-4-13)16-11-15(25-21-16)12-19-17(24)18-7-2-9-23-10-8-20-22-23/h3-6,8,10,15H,2,7,9,11-12H2,1H3,(H2,18,19,24)/t15-/m0/s1. The Morgan fingerprint density at radius 1 is 1.32 bits per heavy atom. The average Bonchev–Trinajstić information content (AvgIpc) is 3.29. The molecule has 25 heavy (non-hydrogen) atoms. The molecule has 8 nitrogen and oxygen atoms in total. The Labute approximate surface area is 146 Å². The molecular formula is C17H22N6O2. The zero-order valence-electron chi connectivity index (χ0n) is 14.2. The number of nitrogens with one attached hydrogen (secondary N) is 2. The molecule has 3 rings (SSSR count). The highest BCUT2D eigenvalue weighted by Crippen LogP contribution is 2.16. The van der Waals surface area contributed by atoms with Gasteiger partial charge in [-0.15, -0.1) is 5.10 Å². The van der Waals surface area contributed by atoms with E-state index in [0.29, 0.717) is 19.5 Å². The molecule has 1 aromatic carbocycles. The van der Waals surface area contributed by atoms with Crippen LogP contribution in [0.25, 0.3) is 0 Å². The predicted octanol–water partition coefficient (Wildman–Crippen LogP) is 1.47. The molecule has 0 bridgehead atoms. The Bertz CT molecular complexity index is 711. The van der Waals surface area contributed by atoms with Crippen LogP contribution in [-0.2, 0) is 11.4 Å². The number of carbonyl (C=O) groups is 1. The number of nitrogens with zero attached hydrogens (tertiary/aromatic N) is 4. The van der Waals surface area contributed by atoms with Crippen molar-refractivity contribution in [1.29, 1.82) is 0 Å². The third kappa shape index (κ3) is 5.03. The average molecular weight is 342 g/mol. The second kappa shape index (κ2) is 8.27. The zero-order valence-corrected chi connectivity index (χ0v) is 14.2. The lowest BCUT2D eigenvalue weighted by Crippen LogP contribution is -2.40. The molecule has 0 aliphatic carbocycles. The number of hydrogen-bond donors (Lipinski definition) is 2. The molecule has 8 heteroatoms. The van der Waals surface area contributed by atoms with Crippen LogP contribution in [0.15, 0.2) is 41.8 Å². The molecule has 132 valence electrons. The lowest BCUT2D eigenvalue weighted by molar-refractivity contribution is 0.0865. The first-order chi connectivity index (χ1) is 12.2. The molecule has 0 radical (unpaired) electrons. The number of oxime groups is 1. The van der Waals surface area contributed by atoms with E-state index in [1.807, 2.05) is 19.1 Å². The van der Waals surface area contributed by atoms with Gasteiger partial charge in [0.05, 0.1) is 18.5 Å². The van der Waals surface area contributed by atoms with Crippen molar-refractivity contribution in [2.45, 2.75) is 32.4 Å². The number of rotatable bonds is 7. The number of amides is 2. The minimum atomic E-state index is -0.203. The largest absolute Gasteiger partial charge is 0.390 e. The van der Waals surface area contributed by atoms with Crippen molar-refractivity contribution in [3.63, 3.8) is 0 Å². The summed E-state index contributed by atoms with van der Waals surface area (Å²) in [7, 11) is 0. The van der Waals surface area contributed by atoms with Gasteiger partial charge < -0.3 is 15.5 Å². The van der Waals surface area contributed by atoms with Gasteiger partial charge in [-0.05, 0) is 18.9 Å². The fraction of sp³-hybridized carbons (Fsp3) is 0.412. The maximum atomic E-state index is 11.8. The van der Waals surface area contributed by atoms with Crippen molar-refractivity contribution >= 4 is 11.7 Å². The van der Waals surface area contributed by atoms with Crippen molar-refractivity contribution in [2.75, 3.05) is 13.1 Å². The predicted molar refractivity (Wildman–Crippen MR) is 93.2 cm³/mol. The van der Waals surface area contributed by atoms with Gasteiger partial charge in [0.1, 0.15) is 0 Å². The van der Waals surface area contributed by atoms with Gasteiger partial charge in [0.2, 0.25) is 0 Å². The smallest absolute Gasteiger partial charge is 0.314 e. The third-order valence-electron chi connectivity index (χ3n) is 3.93. The Morgan fingerprint density at radius 3 is 2.92 bits per heavy atom. The van der Waals surface area contributed by atoms with Crippen LogP contribution >= 0.6 is 0 Å². The number of benzene rings is 1. The molecule has 0 unspecified atom stereocenters. The van der Waals surface area contributed by atoms with Crippen molar-refractivity contribution in [3.05, 3.63) is 47.8 Å². The minimum absolute atomic E-state index is 0.128. The van der Waals surface area contributed by atoms with E-state index < -0.39 is 0 Å². The lowest BCUT2D eigenvalue weighted by Gasteiger charge is -2.11. The SMILES string of the molecule is Cc1ccc(C2=NO[C@H](CNC(=O)NCCCn3ccnn3)C2)cc1. The van der Waals surface area contributed by atoms with Gasteiger partial charge in [-0.3, -0.25) is 4.68 Å². The van der Waals surface area contributed by atoms with E-state index >= 15 is 0 Å². The highest BCUT2D eigenvalue weighted by atomic mass is 16.6. The second-order valence-corrected chi connectivity index (χ2v) is 5.99. The number of aromatic nitrogens is 3. The number of urea groups is 1. The molecular weight excluding hydrogens is 320 g/mol. The summed E-state index contributed by atoms with van der Waals surface area (Å²) in [5.41, 5.74) is 3.19. The summed E-state index contributed by atoms with van der Waals surface area (Å²) in [6.07, 6.45) is 4.78. The lowest BCUT2D eigenvalue weighted by atomic mass is 10.0. The maximum absolute atomic E-state index is 11.8. The van der Waals surface area contributed by atoms with Crippen LogP contribution in [0.3, 0.4) is 0 Å². The van der Waals surface area contributed by atoms with Crippen LogP contribution in [0.2, 0.25) is 0 Å². The molecule has 0 saturated carbocycles. The van der Waals surface area contributed by atoms with Gasteiger partial charge in [0.25, 0.3) is 0 Å². The van der Waals surface area contributed by atoms with Gasteiger partial charge in [-0.25, -0.2) is 4.79 Å². The molecule has 2 heterocycles. The van der Waals surface area contributed by atoms with E-state index in [1.54, 1.807) is 17.1 Å². The van der Waals surface area contributed by atoms with Gasteiger partial charge in [-0.1, -0.05) is 40.2 Å². The first kappa shape index (κ1) is 16.9. The molecule has 2 N–H and O–H groups in total. The Balaban J connectivity index is 1.31. The molecule has 2 aromatic rings. The Hall–Kier alpha value is -2.90. The van der Waals surface area contributed by atoms with Crippen LogP contribution in [0.4, 0.5) is 4.79 Å². The molecule has 0 spiro atoms. The molecule has 1 atom stereocenters. The van der Waals surface area contributed by atoms with Crippen molar-refractivity contribution in [3.8, 4) is 0 Å². The molecule has 2 amide bonds. The molecule has 0 fully saturated rings. The van der Waals surface area contributed by atoms with Crippen molar-refractivity contribution in [2.24, 2.45) is 5.16 Å². The monoisotopic (exact) mass is 342 g/mol. The summed E-state index contributed by atoms with van der Waals surface area (Å²) in [6.45, 7) is 3.77. The van der Waals surface area contributed by atoms with Crippen LogP contribution in [0, 0.1) is 6.92 Å². The summed E-state index contributed by atoms with van der Waals surface area (Å²) < 4.78 is 1.73. The van der Waals surface area contributed by atoms with Crippen molar-refractivity contribution < 1.29 is 9.63 Å². The highest BCUT2D eigenvalue weighted by Gasteiger charge is 2.22. The van der Waals surface area contributed by atoms with E-state index in [9.17, 15) is 4.79 Å². The van der Waals surface area contributed by atoms with Gasteiger partial charge in [0, 0.05) is 25.7 Å².